The van der Waals surface area contributed by atoms with E-state index in [1.54, 1.807) is 12.1 Å². The van der Waals surface area contributed by atoms with Crippen molar-refractivity contribution < 1.29 is 15.0 Å². The first-order valence-electron chi connectivity index (χ1n) is 7.15. The summed E-state index contributed by atoms with van der Waals surface area (Å²) >= 11 is 0. The molecule has 0 spiro atoms. The lowest BCUT2D eigenvalue weighted by Crippen LogP contribution is -2.05. The largest absolute Gasteiger partial charge is 0.508 e. The maximum absolute atomic E-state index is 10.7. The SMILES string of the molecule is CC(CCc1cccc(-c2ccc(O)cc2)c1)CC(=O)O. The fraction of sp³-hybridized carbons (Fsp3) is 0.278. The van der Waals surface area contributed by atoms with Gasteiger partial charge in [0.2, 0.25) is 0 Å². The van der Waals surface area contributed by atoms with E-state index in [2.05, 4.69) is 12.1 Å². The molecule has 0 aliphatic heterocycles. The van der Waals surface area contributed by atoms with Crippen LogP contribution in [0.15, 0.2) is 48.5 Å². The molecule has 2 rings (SSSR count). The molecular formula is C18H20O3. The first kappa shape index (κ1) is 15.1. The zero-order valence-electron chi connectivity index (χ0n) is 12.1. The highest BCUT2D eigenvalue weighted by Gasteiger charge is 2.08. The summed E-state index contributed by atoms with van der Waals surface area (Å²) in [6.07, 6.45) is 1.96. The normalized spacial score (nSPS) is 12.0. The molecule has 0 saturated heterocycles. The molecule has 0 amide bonds. The molecule has 0 aliphatic rings. The van der Waals surface area contributed by atoms with E-state index in [1.165, 1.54) is 5.56 Å². The van der Waals surface area contributed by atoms with Gasteiger partial charge < -0.3 is 10.2 Å². The van der Waals surface area contributed by atoms with E-state index in [4.69, 9.17) is 5.11 Å². The topological polar surface area (TPSA) is 57.5 Å². The van der Waals surface area contributed by atoms with Crippen molar-refractivity contribution in [1.29, 1.82) is 0 Å². The van der Waals surface area contributed by atoms with Crippen molar-refractivity contribution >= 4 is 5.97 Å². The second kappa shape index (κ2) is 6.93. The number of carboxylic acids is 1. The summed E-state index contributed by atoms with van der Waals surface area (Å²) in [6, 6.07) is 15.4. The van der Waals surface area contributed by atoms with Gasteiger partial charge in [-0.05, 0) is 47.6 Å². The Labute approximate surface area is 124 Å². The summed E-state index contributed by atoms with van der Waals surface area (Å²) in [4.78, 5) is 10.7. The van der Waals surface area contributed by atoms with Crippen LogP contribution >= 0.6 is 0 Å². The molecule has 0 fully saturated rings. The number of aryl methyl sites for hydroxylation is 1. The van der Waals surface area contributed by atoms with Crippen molar-refractivity contribution in [3.63, 3.8) is 0 Å². The van der Waals surface area contributed by atoms with Crippen LogP contribution in [0, 0.1) is 5.92 Å². The van der Waals surface area contributed by atoms with E-state index in [0.29, 0.717) is 0 Å². The molecule has 0 bridgehead atoms. The van der Waals surface area contributed by atoms with Crippen molar-refractivity contribution in [2.75, 3.05) is 0 Å². The Bertz CT molecular complexity index is 602. The molecule has 21 heavy (non-hydrogen) atoms. The zero-order chi connectivity index (χ0) is 15.2. The summed E-state index contributed by atoms with van der Waals surface area (Å²) in [6.45, 7) is 1.97. The molecule has 3 nitrogen and oxygen atoms in total. The van der Waals surface area contributed by atoms with Crippen molar-refractivity contribution in [3.8, 4) is 16.9 Å². The number of phenolic OH excluding ortho intramolecular Hbond substituents is 1. The number of benzene rings is 2. The van der Waals surface area contributed by atoms with Crippen LogP contribution < -0.4 is 0 Å². The Kier molecular flexibility index (Phi) is 4.99. The smallest absolute Gasteiger partial charge is 0.303 e. The number of aliphatic carboxylic acids is 1. The third-order valence-corrected chi connectivity index (χ3v) is 3.58. The van der Waals surface area contributed by atoms with Crippen molar-refractivity contribution in [2.24, 2.45) is 5.92 Å². The molecular weight excluding hydrogens is 264 g/mol. The number of phenols is 1. The molecule has 2 N–H and O–H groups in total. The number of carboxylic acid groups (broad SMARTS) is 1. The van der Waals surface area contributed by atoms with Crippen LogP contribution in [-0.2, 0) is 11.2 Å². The lowest BCUT2D eigenvalue weighted by molar-refractivity contribution is -0.138. The maximum Gasteiger partial charge on any atom is 0.303 e. The molecule has 1 atom stereocenters. The predicted octanol–water partition coefficient (Wildman–Crippen LogP) is 4.10. The van der Waals surface area contributed by atoms with Gasteiger partial charge in [0.1, 0.15) is 5.75 Å². The molecule has 0 aliphatic carbocycles. The van der Waals surface area contributed by atoms with Crippen molar-refractivity contribution in [2.45, 2.75) is 26.2 Å². The van der Waals surface area contributed by atoms with Crippen LogP contribution in [0.25, 0.3) is 11.1 Å². The molecule has 0 radical (unpaired) electrons. The number of carbonyl (C=O) groups is 1. The van der Waals surface area contributed by atoms with E-state index in [1.807, 2.05) is 31.2 Å². The van der Waals surface area contributed by atoms with Crippen LogP contribution in [0.2, 0.25) is 0 Å². The first-order chi connectivity index (χ1) is 10.0. The summed E-state index contributed by atoms with van der Waals surface area (Å²) in [5.74, 6) is -0.294. The van der Waals surface area contributed by atoms with Gasteiger partial charge in [-0.2, -0.15) is 0 Å². The minimum Gasteiger partial charge on any atom is -0.508 e. The third-order valence-electron chi connectivity index (χ3n) is 3.58. The van der Waals surface area contributed by atoms with Crippen LogP contribution in [0.4, 0.5) is 0 Å². The average Bonchev–Trinajstić information content (AvgIpc) is 2.45. The minimum absolute atomic E-state index is 0.180. The van der Waals surface area contributed by atoms with Gasteiger partial charge in [-0.3, -0.25) is 4.79 Å². The predicted molar refractivity (Wildman–Crippen MR) is 83.3 cm³/mol. The number of hydrogen-bond donors (Lipinski definition) is 2. The quantitative estimate of drug-likeness (QED) is 0.839. The lowest BCUT2D eigenvalue weighted by Gasteiger charge is -2.10. The van der Waals surface area contributed by atoms with Gasteiger partial charge in [0.05, 0.1) is 0 Å². The van der Waals surface area contributed by atoms with Gasteiger partial charge in [0.15, 0.2) is 0 Å². The van der Waals surface area contributed by atoms with Gasteiger partial charge in [0.25, 0.3) is 0 Å². The van der Waals surface area contributed by atoms with E-state index >= 15 is 0 Å². The molecule has 1 unspecified atom stereocenters. The van der Waals surface area contributed by atoms with E-state index in [0.717, 1.165) is 24.0 Å². The van der Waals surface area contributed by atoms with E-state index in [-0.39, 0.29) is 18.1 Å². The number of hydrogen-bond acceptors (Lipinski definition) is 2. The summed E-state index contributed by atoms with van der Waals surface area (Å²) in [5, 5.41) is 18.1. The molecule has 0 aromatic heterocycles. The summed E-state index contributed by atoms with van der Waals surface area (Å²) < 4.78 is 0. The highest BCUT2D eigenvalue weighted by Crippen LogP contribution is 2.23. The first-order valence-corrected chi connectivity index (χ1v) is 7.15. The summed E-state index contributed by atoms with van der Waals surface area (Å²) in [5.41, 5.74) is 3.38. The standard InChI is InChI=1S/C18H20O3/c1-13(11-18(20)21)5-6-14-3-2-4-16(12-14)15-7-9-17(19)10-8-15/h2-4,7-10,12-13,19H,5-6,11H2,1H3,(H,20,21). The Morgan fingerprint density at radius 3 is 2.48 bits per heavy atom. The summed E-state index contributed by atoms with van der Waals surface area (Å²) in [7, 11) is 0. The molecule has 0 heterocycles. The Hall–Kier alpha value is -2.29. The second-order valence-electron chi connectivity index (χ2n) is 5.49. The lowest BCUT2D eigenvalue weighted by atomic mass is 9.96. The fourth-order valence-electron chi connectivity index (χ4n) is 2.37. The van der Waals surface area contributed by atoms with Crippen LogP contribution in [0.3, 0.4) is 0 Å². The molecule has 2 aromatic carbocycles. The average molecular weight is 284 g/mol. The third kappa shape index (κ3) is 4.63. The Morgan fingerprint density at radius 2 is 1.81 bits per heavy atom. The zero-order valence-corrected chi connectivity index (χ0v) is 12.1. The van der Waals surface area contributed by atoms with Gasteiger partial charge >= 0.3 is 5.97 Å². The number of rotatable bonds is 6. The van der Waals surface area contributed by atoms with Crippen LogP contribution in [0.5, 0.6) is 5.75 Å². The minimum atomic E-state index is -0.736. The van der Waals surface area contributed by atoms with Crippen molar-refractivity contribution in [1.82, 2.24) is 0 Å². The van der Waals surface area contributed by atoms with Crippen LogP contribution in [-0.4, -0.2) is 16.2 Å². The van der Waals surface area contributed by atoms with Crippen LogP contribution in [0.1, 0.15) is 25.3 Å². The molecule has 2 aromatic rings. The molecule has 110 valence electrons. The maximum atomic E-state index is 10.7. The van der Waals surface area contributed by atoms with Gasteiger partial charge in [-0.15, -0.1) is 0 Å². The van der Waals surface area contributed by atoms with E-state index < -0.39 is 5.97 Å². The molecule has 0 saturated carbocycles. The fourth-order valence-corrected chi connectivity index (χ4v) is 2.37. The van der Waals surface area contributed by atoms with Gasteiger partial charge in [-0.1, -0.05) is 43.3 Å². The molecule has 3 heteroatoms. The number of aromatic hydroxyl groups is 1. The highest BCUT2D eigenvalue weighted by atomic mass is 16.4. The monoisotopic (exact) mass is 284 g/mol. The van der Waals surface area contributed by atoms with Gasteiger partial charge in [-0.25, -0.2) is 0 Å². The van der Waals surface area contributed by atoms with E-state index in [9.17, 15) is 9.90 Å². The van der Waals surface area contributed by atoms with Gasteiger partial charge in [0, 0.05) is 6.42 Å². The highest BCUT2D eigenvalue weighted by molar-refractivity contribution is 5.67. The Balaban J connectivity index is 2.04. The second-order valence-corrected chi connectivity index (χ2v) is 5.49. The van der Waals surface area contributed by atoms with Crippen molar-refractivity contribution in [3.05, 3.63) is 54.1 Å². The Morgan fingerprint density at radius 1 is 1.10 bits per heavy atom.